The second-order valence-electron chi connectivity index (χ2n) is 20.4. The number of esters is 2. The van der Waals surface area contributed by atoms with Gasteiger partial charge in [0.2, 0.25) is 6.54 Å². The summed E-state index contributed by atoms with van der Waals surface area (Å²) in [5.41, 5.74) is 0. The van der Waals surface area contributed by atoms with Gasteiger partial charge < -0.3 is 14.4 Å². The average molecular weight is 922 g/mol. The van der Waals surface area contributed by atoms with Crippen molar-refractivity contribution < 1.29 is 23.9 Å². The summed E-state index contributed by atoms with van der Waals surface area (Å²) < 4.78 is 12.1. The van der Waals surface area contributed by atoms with E-state index in [0.717, 1.165) is 122 Å². The minimum atomic E-state index is 0.00992. The van der Waals surface area contributed by atoms with Crippen molar-refractivity contribution in [1.82, 2.24) is 9.91 Å². The van der Waals surface area contributed by atoms with Gasteiger partial charge >= 0.3 is 11.9 Å². The van der Waals surface area contributed by atoms with E-state index in [9.17, 15) is 14.5 Å². The Morgan fingerprint density at radius 3 is 1.06 bits per heavy atom. The molecule has 8 nitrogen and oxygen atoms in total. The molecule has 0 spiro atoms. The first-order chi connectivity index (χ1) is 31.7. The molecule has 8 heteroatoms. The zero-order chi connectivity index (χ0) is 47.9. The minimum absolute atomic E-state index is 0.00992. The van der Waals surface area contributed by atoms with Crippen LogP contribution in [0.2, 0.25) is 0 Å². The van der Waals surface area contributed by atoms with Gasteiger partial charge in [-0.05, 0) is 111 Å². The fraction of sp³-hybridized carbons (Fsp3) is 0.965. The van der Waals surface area contributed by atoms with E-state index in [1.807, 2.05) is 0 Å². The highest BCUT2D eigenvalue weighted by Gasteiger charge is 2.29. The number of nitroso groups, excluding NO2 is 1. The van der Waals surface area contributed by atoms with Crippen LogP contribution in [0.1, 0.15) is 304 Å². The summed E-state index contributed by atoms with van der Waals surface area (Å²) in [5, 5.41) is 2.22. The van der Waals surface area contributed by atoms with Crippen LogP contribution in [-0.2, 0) is 19.1 Å². The quantitative estimate of drug-likeness (QED) is 0.0260. The van der Waals surface area contributed by atoms with Gasteiger partial charge in [-0.25, -0.2) is 0 Å². The largest absolute Gasteiger partial charge is 0.462 e. The standard InChI is InChI=1S/C57H114N3O5/c1-8-13-18-31-40-52-60(63)59(51-41-50-58(6)7)53(42-32-27-23-25-29-38-48-56(61)64-54(44-34-19-14-9-2)45-35-20-15-10-3)43-33-28-24-26-30-39-49-57(62)65-55(46-36-21-16-11-4)47-37-22-17-12-5/h53-55H,8-52H2,1-7H3/q+1. The van der Waals surface area contributed by atoms with E-state index in [-0.39, 0.29) is 30.2 Å². The molecular formula is C57H114N3O5+. The van der Waals surface area contributed by atoms with Crippen LogP contribution in [0.3, 0.4) is 0 Å². The van der Waals surface area contributed by atoms with E-state index in [1.54, 1.807) is 0 Å². The molecule has 0 saturated heterocycles. The fourth-order valence-corrected chi connectivity index (χ4v) is 9.37. The molecule has 0 saturated carbocycles. The number of carbonyl (C=O) groups is 2. The Labute approximate surface area is 405 Å². The number of hydrazine groups is 1. The number of hydrogen-bond acceptors (Lipinski definition) is 6. The summed E-state index contributed by atoms with van der Waals surface area (Å²) in [6, 6.07) is 0.281. The molecule has 0 bridgehead atoms. The summed E-state index contributed by atoms with van der Waals surface area (Å²) >= 11 is 0. The van der Waals surface area contributed by atoms with E-state index in [1.165, 1.54) is 153 Å². The molecule has 386 valence electrons. The molecule has 0 aliphatic rings. The third-order valence-corrected chi connectivity index (χ3v) is 13.6. The number of nitrogens with zero attached hydrogens (tertiary/aromatic N) is 3. The molecule has 0 rings (SSSR count). The molecule has 0 heterocycles. The number of hydrogen-bond donors (Lipinski definition) is 0. The van der Waals surface area contributed by atoms with Gasteiger partial charge in [-0.15, -0.1) is 5.01 Å². The predicted octanol–water partition coefficient (Wildman–Crippen LogP) is 17.2. The number of ether oxygens (including phenoxy) is 2. The Morgan fingerprint density at radius 1 is 0.385 bits per heavy atom. The van der Waals surface area contributed by atoms with Crippen LogP contribution in [0.4, 0.5) is 0 Å². The van der Waals surface area contributed by atoms with Gasteiger partial charge in [-0.2, -0.15) is 0 Å². The molecule has 0 aliphatic carbocycles. The third kappa shape index (κ3) is 42.2. The molecule has 0 radical (unpaired) electrons. The van der Waals surface area contributed by atoms with E-state index < -0.39 is 0 Å². The molecule has 0 unspecified atom stereocenters. The van der Waals surface area contributed by atoms with E-state index in [4.69, 9.17) is 9.47 Å². The molecule has 0 aliphatic heterocycles. The Kier molecular flexibility index (Phi) is 47.5. The van der Waals surface area contributed by atoms with Gasteiger partial charge in [0, 0.05) is 19.3 Å². The third-order valence-electron chi connectivity index (χ3n) is 13.6. The molecule has 0 aromatic carbocycles. The maximum atomic E-state index is 13.8. The molecule has 0 atom stereocenters. The lowest BCUT2D eigenvalue weighted by Gasteiger charge is -2.26. The SMILES string of the molecule is CCCCCCC[N+](=O)N(CCCN(C)C)C(CCCCCCCCC(=O)OC(CCCCCC)CCCCCC)CCCCCCCCC(=O)OC(CCCCCC)CCCCCC. The van der Waals surface area contributed by atoms with Gasteiger partial charge in [0.05, 0.1) is 17.5 Å². The van der Waals surface area contributed by atoms with Crippen LogP contribution in [0.15, 0.2) is 0 Å². The lowest BCUT2D eigenvalue weighted by molar-refractivity contribution is -0.716. The summed E-state index contributed by atoms with van der Waals surface area (Å²) in [4.78, 5) is 43.0. The van der Waals surface area contributed by atoms with Crippen molar-refractivity contribution in [2.75, 3.05) is 33.7 Å². The van der Waals surface area contributed by atoms with Crippen molar-refractivity contribution >= 4 is 11.9 Å². The summed E-state index contributed by atoms with van der Waals surface area (Å²) in [5.74, 6) is 0.0198. The first kappa shape index (κ1) is 63.3. The van der Waals surface area contributed by atoms with Crippen molar-refractivity contribution in [2.45, 2.75) is 323 Å². The lowest BCUT2D eigenvalue weighted by atomic mass is 9.99. The molecule has 0 aromatic rings. The highest BCUT2D eigenvalue weighted by Crippen LogP contribution is 2.22. The molecule has 0 N–H and O–H groups in total. The minimum Gasteiger partial charge on any atom is -0.462 e. The van der Waals surface area contributed by atoms with Gasteiger partial charge in [-0.1, -0.05) is 195 Å². The highest BCUT2D eigenvalue weighted by molar-refractivity contribution is 5.69. The molecular weight excluding hydrogens is 807 g/mol. The van der Waals surface area contributed by atoms with E-state index in [2.05, 4.69) is 58.6 Å². The molecule has 65 heavy (non-hydrogen) atoms. The first-order valence-electron chi connectivity index (χ1n) is 29.0. The van der Waals surface area contributed by atoms with Gasteiger partial charge in [0.15, 0.2) is 0 Å². The van der Waals surface area contributed by atoms with Gasteiger partial charge in [-0.3, -0.25) is 9.59 Å². The maximum Gasteiger partial charge on any atom is 0.306 e. The first-order valence-corrected chi connectivity index (χ1v) is 29.0. The van der Waals surface area contributed by atoms with E-state index >= 15 is 0 Å². The Balaban J connectivity index is 5.04. The second-order valence-corrected chi connectivity index (χ2v) is 20.4. The van der Waals surface area contributed by atoms with Crippen LogP contribution < -0.4 is 0 Å². The van der Waals surface area contributed by atoms with Gasteiger partial charge in [0.1, 0.15) is 17.1 Å². The van der Waals surface area contributed by atoms with E-state index in [0.29, 0.717) is 19.4 Å². The average Bonchev–Trinajstić information content (AvgIpc) is 3.28. The monoisotopic (exact) mass is 921 g/mol. The highest BCUT2D eigenvalue weighted by atomic mass is 16.5. The predicted molar refractivity (Wildman–Crippen MR) is 280 cm³/mol. The molecule has 0 fully saturated rings. The van der Waals surface area contributed by atoms with Crippen LogP contribution in [0, 0.1) is 4.91 Å². The summed E-state index contributed by atoms with van der Waals surface area (Å²) in [6.07, 6.45) is 47.3. The number of unbranched alkanes of at least 4 members (excludes halogenated alkanes) is 26. The topological polar surface area (TPSA) is 79.2 Å². The van der Waals surface area contributed by atoms with Crippen LogP contribution >= 0.6 is 0 Å². The number of carbonyl (C=O) groups excluding carboxylic acids is 2. The van der Waals surface area contributed by atoms with Crippen LogP contribution in [0.5, 0.6) is 0 Å². The Morgan fingerprint density at radius 2 is 0.692 bits per heavy atom. The smallest absolute Gasteiger partial charge is 0.306 e. The van der Waals surface area contributed by atoms with Crippen LogP contribution in [0.25, 0.3) is 0 Å². The van der Waals surface area contributed by atoms with Crippen molar-refractivity contribution in [3.05, 3.63) is 4.91 Å². The van der Waals surface area contributed by atoms with Crippen molar-refractivity contribution in [2.24, 2.45) is 0 Å². The molecule has 0 aromatic heterocycles. The lowest BCUT2D eigenvalue weighted by Crippen LogP contribution is -2.44. The van der Waals surface area contributed by atoms with Crippen molar-refractivity contribution in [3.8, 4) is 0 Å². The van der Waals surface area contributed by atoms with Gasteiger partial charge in [0.25, 0.3) is 0 Å². The number of rotatable bonds is 52. The summed E-state index contributed by atoms with van der Waals surface area (Å²) in [7, 11) is 4.25. The molecule has 0 amide bonds. The van der Waals surface area contributed by atoms with Crippen LogP contribution in [-0.4, -0.2) is 78.7 Å². The van der Waals surface area contributed by atoms with Crippen molar-refractivity contribution in [3.63, 3.8) is 0 Å². The van der Waals surface area contributed by atoms with Crippen molar-refractivity contribution in [1.29, 1.82) is 0 Å². The Hall–Kier alpha value is -1.70. The zero-order valence-electron chi connectivity index (χ0n) is 44.9. The summed E-state index contributed by atoms with van der Waals surface area (Å²) in [6.45, 7) is 13.6. The Bertz CT molecular complexity index is 958. The maximum absolute atomic E-state index is 13.8. The fourth-order valence-electron chi connectivity index (χ4n) is 9.37. The zero-order valence-corrected chi connectivity index (χ0v) is 44.9. The normalized spacial score (nSPS) is 11.7. The second kappa shape index (κ2) is 48.7.